The SMILES string of the molecule is CCn1cnc(S(=O)(=O)NC(C)C(CO)SC)c1. The number of imidazole rings is 1. The van der Waals surface area contributed by atoms with Gasteiger partial charge in [0.05, 0.1) is 12.9 Å². The average Bonchev–Trinajstić information content (AvgIpc) is 2.79. The summed E-state index contributed by atoms with van der Waals surface area (Å²) in [4.78, 5) is 3.87. The van der Waals surface area contributed by atoms with Crippen LogP contribution in [-0.2, 0) is 16.6 Å². The molecule has 1 aromatic heterocycles. The van der Waals surface area contributed by atoms with E-state index >= 15 is 0 Å². The fourth-order valence-corrected chi connectivity index (χ4v) is 3.42. The second-order valence-corrected chi connectivity index (χ2v) is 6.65. The highest BCUT2D eigenvalue weighted by Gasteiger charge is 2.24. The number of hydrogen-bond acceptors (Lipinski definition) is 5. The van der Waals surface area contributed by atoms with Crippen molar-refractivity contribution >= 4 is 21.8 Å². The van der Waals surface area contributed by atoms with E-state index in [1.165, 1.54) is 24.3 Å². The van der Waals surface area contributed by atoms with Gasteiger partial charge in [0.1, 0.15) is 0 Å². The lowest BCUT2D eigenvalue weighted by atomic mass is 10.3. The van der Waals surface area contributed by atoms with Gasteiger partial charge in [-0.15, -0.1) is 0 Å². The average molecular weight is 293 g/mol. The molecule has 2 unspecified atom stereocenters. The molecule has 0 aliphatic heterocycles. The standard InChI is InChI=1S/C10H19N3O3S2/c1-4-13-5-10(11-7-13)18(15,16)12-8(2)9(6-14)17-3/h5,7-9,12,14H,4,6H2,1-3H3. The van der Waals surface area contributed by atoms with Gasteiger partial charge in [-0.1, -0.05) is 0 Å². The first-order chi connectivity index (χ1) is 8.44. The predicted octanol–water partition coefficient (Wildman–Crippen LogP) is 0.294. The zero-order valence-electron chi connectivity index (χ0n) is 10.7. The van der Waals surface area contributed by atoms with Crippen molar-refractivity contribution in [1.82, 2.24) is 14.3 Å². The van der Waals surface area contributed by atoms with Gasteiger partial charge in [0.15, 0.2) is 5.03 Å². The molecule has 0 spiro atoms. The number of hydrogen-bond donors (Lipinski definition) is 2. The summed E-state index contributed by atoms with van der Waals surface area (Å²) >= 11 is 1.42. The Morgan fingerprint density at radius 1 is 1.61 bits per heavy atom. The van der Waals surface area contributed by atoms with Crippen LogP contribution in [0.5, 0.6) is 0 Å². The van der Waals surface area contributed by atoms with E-state index < -0.39 is 10.0 Å². The van der Waals surface area contributed by atoms with Crippen LogP contribution in [0.3, 0.4) is 0 Å². The Kier molecular flexibility index (Phi) is 5.64. The van der Waals surface area contributed by atoms with Crippen molar-refractivity contribution in [3.05, 3.63) is 12.5 Å². The fourth-order valence-electron chi connectivity index (χ4n) is 1.47. The molecule has 1 rings (SSSR count). The van der Waals surface area contributed by atoms with Gasteiger partial charge in [0.25, 0.3) is 10.0 Å². The van der Waals surface area contributed by atoms with Crippen molar-refractivity contribution in [2.24, 2.45) is 0 Å². The Labute approximate surface area is 112 Å². The third-order valence-corrected chi connectivity index (χ3v) is 5.24. The van der Waals surface area contributed by atoms with E-state index in [0.717, 1.165) is 0 Å². The van der Waals surface area contributed by atoms with E-state index in [4.69, 9.17) is 5.11 Å². The molecule has 0 aliphatic rings. The van der Waals surface area contributed by atoms with E-state index in [2.05, 4.69) is 9.71 Å². The first-order valence-corrected chi connectivity index (χ1v) is 8.39. The van der Waals surface area contributed by atoms with Gasteiger partial charge in [0, 0.05) is 24.0 Å². The lowest BCUT2D eigenvalue weighted by Crippen LogP contribution is -2.41. The maximum atomic E-state index is 12.0. The van der Waals surface area contributed by atoms with Crippen LogP contribution in [0.25, 0.3) is 0 Å². The number of aryl methyl sites for hydroxylation is 1. The molecule has 6 nitrogen and oxygen atoms in total. The summed E-state index contributed by atoms with van der Waals surface area (Å²) in [6.45, 7) is 4.23. The fraction of sp³-hybridized carbons (Fsp3) is 0.700. The Bertz CT molecular complexity index is 468. The van der Waals surface area contributed by atoms with Crippen LogP contribution in [0.15, 0.2) is 17.6 Å². The van der Waals surface area contributed by atoms with E-state index in [1.54, 1.807) is 11.5 Å². The second-order valence-electron chi connectivity index (χ2n) is 3.91. The van der Waals surface area contributed by atoms with Crippen LogP contribution in [0.2, 0.25) is 0 Å². The first kappa shape index (κ1) is 15.5. The molecule has 104 valence electrons. The minimum absolute atomic E-state index is 0.00833. The summed E-state index contributed by atoms with van der Waals surface area (Å²) in [6, 6.07) is -0.359. The molecule has 18 heavy (non-hydrogen) atoms. The molecular weight excluding hydrogens is 274 g/mol. The van der Waals surface area contributed by atoms with Crippen LogP contribution >= 0.6 is 11.8 Å². The highest BCUT2D eigenvalue weighted by Crippen LogP contribution is 2.13. The third kappa shape index (κ3) is 3.71. The van der Waals surface area contributed by atoms with Gasteiger partial charge in [-0.2, -0.15) is 11.8 Å². The van der Waals surface area contributed by atoms with Gasteiger partial charge in [0.2, 0.25) is 0 Å². The molecule has 1 aromatic rings. The van der Waals surface area contributed by atoms with Crippen molar-refractivity contribution in [3.8, 4) is 0 Å². The van der Waals surface area contributed by atoms with Crippen molar-refractivity contribution in [3.63, 3.8) is 0 Å². The maximum absolute atomic E-state index is 12.0. The lowest BCUT2D eigenvalue weighted by molar-refractivity contribution is 0.282. The molecular formula is C10H19N3O3S2. The second kappa shape index (κ2) is 6.55. The van der Waals surface area contributed by atoms with Gasteiger partial charge in [-0.25, -0.2) is 18.1 Å². The summed E-state index contributed by atoms with van der Waals surface area (Å²) in [5, 5.41) is 8.97. The van der Waals surface area contributed by atoms with Crippen molar-refractivity contribution in [2.75, 3.05) is 12.9 Å². The molecule has 0 saturated carbocycles. The molecule has 0 fully saturated rings. The molecule has 0 amide bonds. The van der Waals surface area contributed by atoms with Gasteiger partial charge >= 0.3 is 0 Å². The van der Waals surface area contributed by atoms with Gasteiger partial charge in [-0.3, -0.25) is 0 Å². The molecule has 0 bridgehead atoms. The summed E-state index contributed by atoms with van der Waals surface area (Å²) < 4.78 is 28.3. The summed E-state index contributed by atoms with van der Waals surface area (Å²) in [5.74, 6) is 0. The van der Waals surface area contributed by atoms with E-state index in [0.29, 0.717) is 6.54 Å². The zero-order valence-corrected chi connectivity index (χ0v) is 12.3. The molecule has 2 atom stereocenters. The first-order valence-electron chi connectivity index (χ1n) is 5.62. The summed E-state index contributed by atoms with van der Waals surface area (Å²) in [5.41, 5.74) is 0. The third-order valence-electron chi connectivity index (χ3n) is 2.63. The predicted molar refractivity (Wildman–Crippen MR) is 72.1 cm³/mol. The largest absolute Gasteiger partial charge is 0.395 e. The summed E-state index contributed by atoms with van der Waals surface area (Å²) in [7, 11) is -3.62. The molecule has 8 heteroatoms. The van der Waals surface area contributed by atoms with Crippen LogP contribution in [-0.4, -0.2) is 47.2 Å². The number of aromatic nitrogens is 2. The highest BCUT2D eigenvalue weighted by molar-refractivity contribution is 7.99. The number of nitrogens with one attached hydrogen (secondary N) is 1. The maximum Gasteiger partial charge on any atom is 0.259 e. The Hall–Kier alpha value is -0.570. The Balaban J connectivity index is 2.81. The smallest absolute Gasteiger partial charge is 0.259 e. The number of aliphatic hydroxyl groups excluding tert-OH is 1. The van der Waals surface area contributed by atoms with Crippen molar-refractivity contribution in [2.45, 2.75) is 36.7 Å². The monoisotopic (exact) mass is 293 g/mol. The molecule has 0 radical (unpaired) electrons. The normalized spacial score (nSPS) is 15.6. The molecule has 2 N–H and O–H groups in total. The summed E-state index contributed by atoms with van der Waals surface area (Å²) in [6.07, 6.45) is 4.80. The molecule has 0 aromatic carbocycles. The number of thioether (sulfide) groups is 1. The molecule has 1 heterocycles. The van der Waals surface area contributed by atoms with Gasteiger partial charge < -0.3 is 9.67 Å². The quantitative estimate of drug-likeness (QED) is 0.755. The van der Waals surface area contributed by atoms with E-state index in [-0.39, 0.29) is 22.9 Å². The minimum Gasteiger partial charge on any atom is -0.395 e. The van der Waals surface area contributed by atoms with Crippen LogP contribution < -0.4 is 4.72 Å². The zero-order chi connectivity index (χ0) is 13.8. The minimum atomic E-state index is -3.62. The van der Waals surface area contributed by atoms with E-state index in [9.17, 15) is 8.42 Å². The van der Waals surface area contributed by atoms with Crippen molar-refractivity contribution < 1.29 is 13.5 Å². The Morgan fingerprint density at radius 2 is 2.28 bits per heavy atom. The number of sulfonamides is 1. The van der Waals surface area contributed by atoms with Crippen molar-refractivity contribution in [1.29, 1.82) is 0 Å². The number of aliphatic hydroxyl groups is 1. The topological polar surface area (TPSA) is 84.2 Å². The lowest BCUT2D eigenvalue weighted by Gasteiger charge is -2.20. The number of rotatable bonds is 7. The van der Waals surface area contributed by atoms with Crippen LogP contribution in [0.1, 0.15) is 13.8 Å². The molecule has 0 aliphatic carbocycles. The molecule has 0 saturated heterocycles. The number of nitrogens with zero attached hydrogens (tertiary/aromatic N) is 2. The highest BCUT2D eigenvalue weighted by atomic mass is 32.2. The van der Waals surface area contributed by atoms with E-state index in [1.807, 2.05) is 13.2 Å². The van der Waals surface area contributed by atoms with Crippen LogP contribution in [0.4, 0.5) is 0 Å². The Morgan fingerprint density at radius 3 is 2.72 bits per heavy atom. The van der Waals surface area contributed by atoms with Crippen LogP contribution in [0, 0.1) is 0 Å². The van der Waals surface area contributed by atoms with Gasteiger partial charge in [-0.05, 0) is 20.1 Å².